The van der Waals surface area contributed by atoms with Crippen molar-refractivity contribution in [3.8, 4) is 11.5 Å². The van der Waals surface area contributed by atoms with Crippen molar-refractivity contribution in [2.24, 2.45) is 0 Å². The average molecular weight is 516 g/mol. The zero-order chi connectivity index (χ0) is 20.8. The van der Waals surface area contributed by atoms with Crippen molar-refractivity contribution in [3.63, 3.8) is 0 Å². The van der Waals surface area contributed by atoms with Gasteiger partial charge in [-0.2, -0.15) is 0 Å². The number of para-hydroxylation sites is 2. The summed E-state index contributed by atoms with van der Waals surface area (Å²) in [6.45, 7) is 0. The maximum atomic E-state index is 12.3. The van der Waals surface area contributed by atoms with Crippen LogP contribution in [0.1, 0.15) is 20.7 Å². The summed E-state index contributed by atoms with van der Waals surface area (Å²) < 4.78 is 10.1. The number of hydrogen-bond acceptors (Lipinski definition) is 6. The van der Waals surface area contributed by atoms with Gasteiger partial charge in [0.05, 0.1) is 0 Å². The number of rotatable bonds is 7. The second-order valence-corrected chi connectivity index (χ2v) is 7.22. The molecule has 2 atom stereocenters. The molecule has 2 rings (SSSR count). The lowest BCUT2D eigenvalue weighted by molar-refractivity contribution is -0.139. The normalized spacial score (nSPS) is 12.5. The molecule has 0 spiro atoms. The van der Waals surface area contributed by atoms with Crippen molar-refractivity contribution in [1.82, 2.24) is 0 Å². The molecular formula is C18H12Br2O8. The number of halogens is 2. The summed E-state index contributed by atoms with van der Waals surface area (Å²) in [7, 11) is 0. The van der Waals surface area contributed by atoms with Gasteiger partial charge in [0.1, 0.15) is 32.3 Å². The second kappa shape index (κ2) is 9.47. The molecule has 0 aliphatic heterocycles. The van der Waals surface area contributed by atoms with Gasteiger partial charge in [0.25, 0.3) is 0 Å². The molecule has 0 radical (unpaired) electrons. The summed E-state index contributed by atoms with van der Waals surface area (Å²) in [6, 6.07) is 11.0. The van der Waals surface area contributed by atoms with Crippen molar-refractivity contribution in [3.05, 3.63) is 59.7 Å². The average Bonchev–Trinajstić information content (AvgIpc) is 2.67. The zero-order valence-electron chi connectivity index (χ0n) is 13.9. The summed E-state index contributed by atoms with van der Waals surface area (Å²) in [5.41, 5.74) is -0.445. The Morgan fingerprint density at radius 1 is 0.679 bits per heavy atom. The predicted molar refractivity (Wildman–Crippen MR) is 104 cm³/mol. The van der Waals surface area contributed by atoms with Crippen molar-refractivity contribution in [2.75, 3.05) is 0 Å². The molecule has 146 valence electrons. The van der Waals surface area contributed by atoms with Gasteiger partial charge in [0.15, 0.2) is 0 Å². The molecule has 0 bridgehead atoms. The monoisotopic (exact) mass is 514 g/mol. The second-order valence-electron chi connectivity index (χ2n) is 5.25. The van der Waals surface area contributed by atoms with Gasteiger partial charge in [-0.15, -0.1) is 0 Å². The van der Waals surface area contributed by atoms with E-state index in [4.69, 9.17) is 19.7 Å². The van der Waals surface area contributed by atoms with Crippen LogP contribution in [0.4, 0.5) is 0 Å². The number of alkyl halides is 2. The zero-order valence-corrected chi connectivity index (χ0v) is 17.0. The Kier molecular flexibility index (Phi) is 7.30. The lowest BCUT2D eigenvalue weighted by atomic mass is 10.2. The van der Waals surface area contributed by atoms with Gasteiger partial charge in [-0.1, -0.05) is 56.1 Å². The van der Waals surface area contributed by atoms with Gasteiger partial charge in [0, 0.05) is 0 Å². The third kappa shape index (κ3) is 5.17. The van der Waals surface area contributed by atoms with Gasteiger partial charge in [-0.05, 0) is 24.3 Å². The molecule has 0 aliphatic carbocycles. The molecule has 0 saturated heterocycles. The van der Waals surface area contributed by atoms with Crippen LogP contribution < -0.4 is 9.47 Å². The first-order chi connectivity index (χ1) is 13.2. The number of carboxylic acid groups (broad SMARTS) is 2. The summed E-state index contributed by atoms with van der Waals surface area (Å²) in [4.78, 5) is 44.4. The van der Waals surface area contributed by atoms with Crippen LogP contribution in [0, 0.1) is 0 Å². The Balaban J connectivity index is 2.10. The number of esters is 2. The van der Waals surface area contributed by atoms with E-state index in [0.717, 1.165) is 0 Å². The van der Waals surface area contributed by atoms with E-state index in [-0.39, 0.29) is 22.6 Å². The first-order valence-corrected chi connectivity index (χ1v) is 9.41. The van der Waals surface area contributed by atoms with Crippen molar-refractivity contribution < 1.29 is 38.9 Å². The minimum atomic E-state index is -1.28. The van der Waals surface area contributed by atoms with Crippen LogP contribution in [0.15, 0.2) is 48.5 Å². The van der Waals surface area contributed by atoms with Crippen LogP contribution >= 0.6 is 31.9 Å². The van der Waals surface area contributed by atoms with Crippen LogP contribution in [0.2, 0.25) is 0 Å². The van der Waals surface area contributed by atoms with Crippen molar-refractivity contribution in [2.45, 2.75) is 9.65 Å². The summed E-state index contributed by atoms with van der Waals surface area (Å²) >= 11 is 6.01. The molecule has 0 heterocycles. The Morgan fingerprint density at radius 3 is 1.32 bits per heavy atom. The molecule has 0 fully saturated rings. The Morgan fingerprint density at radius 2 is 1.00 bits per heavy atom. The number of ether oxygens (including phenoxy) is 2. The smallest absolute Gasteiger partial charge is 0.339 e. The lowest BCUT2D eigenvalue weighted by Gasteiger charge is -2.16. The van der Waals surface area contributed by atoms with Crippen LogP contribution in [0.5, 0.6) is 11.5 Å². The number of carbonyl (C=O) groups is 4. The highest BCUT2D eigenvalue weighted by molar-refractivity contribution is 9.12. The Hall–Kier alpha value is -2.72. The Bertz CT molecular complexity index is 852. The number of benzene rings is 2. The molecule has 0 aromatic heterocycles. The number of aromatic carboxylic acids is 2. The molecule has 0 amide bonds. The van der Waals surface area contributed by atoms with Crippen LogP contribution in [-0.2, 0) is 9.59 Å². The van der Waals surface area contributed by atoms with Gasteiger partial charge < -0.3 is 19.7 Å². The van der Waals surface area contributed by atoms with E-state index in [0.29, 0.717) is 0 Å². The molecule has 8 nitrogen and oxygen atoms in total. The standard InChI is InChI=1S/C18H12Br2O8/c19-13(17(25)27-11-7-3-1-5-9(11)15(21)22)14(20)18(26)28-12-8-4-2-6-10(12)16(23)24/h1-8,13-14H,(H,21,22)(H,23,24). The molecule has 2 aromatic rings. The SMILES string of the molecule is O=C(O)c1ccccc1OC(=O)C(Br)C(Br)C(=O)Oc1ccccc1C(=O)O. The number of hydrogen-bond donors (Lipinski definition) is 2. The first-order valence-electron chi connectivity index (χ1n) is 7.58. The largest absolute Gasteiger partial charge is 0.478 e. The molecular weight excluding hydrogens is 504 g/mol. The van der Waals surface area contributed by atoms with Crippen LogP contribution in [-0.4, -0.2) is 43.7 Å². The molecule has 2 aromatic carbocycles. The van der Waals surface area contributed by atoms with E-state index >= 15 is 0 Å². The van der Waals surface area contributed by atoms with E-state index in [1.54, 1.807) is 0 Å². The third-order valence-electron chi connectivity index (χ3n) is 3.36. The quantitative estimate of drug-likeness (QED) is 0.327. The fourth-order valence-electron chi connectivity index (χ4n) is 2.03. The van der Waals surface area contributed by atoms with Gasteiger partial charge in [0.2, 0.25) is 0 Å². The van der Waals surface area contributed by atoms with E-state index in [1.807, 2.05) is 0 Å². The minimum Gasteiger partial charge on any atom is -0.478 e. The molecule has 2 N–H and O–H groups in total. The highest BCUT2D eigenvalue weighted by atomic mass is 79.9. The van der Waals surface area contributed by atoms with Crippen molar-refractivity contribution >= 4 is 55.7 Å². The highest BCUT2D eigenvalue weighted by Gasteiger charge is 2.34. The fourth-order valence-corrected chi connectivity index (χ4v) is 2.65. The molecule has 10 heteroatoms. The fraction of sp³-hybridized carbons (Fsp3) is 0.111. The van der Waals surface area contributed by atoms with E-state index in [2.05, 4.69) is 31.9 Å². The molecule has 28 heavy (non-hydrogen) atoms. The highest BCUT2D eigenvalue weighted by Crippen LogP contribution is 2.25. The topological polar surface area (TPSA) is 127 Å². The third-order valence-corrected chi connectivity index (χ3v) is 5.88. The maximum absolute atomic E-state index is 12.3. The predicted octanol–water partition coefficient (Wildman–Crippen LogP) is 3.12. The number of carboxylic acids is 2. The van der Waals surface area contributed by atoms with E-state index < -0.39 is 33.5 Å². The minimum absolute atomic E-state index is 0.186. The van der Waals surface area contributed by atoms with Gasteiger partial charge in [-0.25, -0.2) is 9.59 Å². The summed E-state index contributed by atoms with van der Waals surface area (Å²) in [6.07, 6.45) is 0. The van der Waals surface area contributed by atoms with E-state index in [1.165, 1.54) is 48.5 Å². The molecule has 2 unspecified atom stereocenters. The van der Waals surface area contributed by atoms with Crippen LogP contribution in [0.3, 0.4) is 0 Å². The first kappa shape index (κ1) is 21.6. The van der Waals surface area contributed by atoms with Gasteiger partial charge >= 0.3 is 23.9 Å². The maximum Gasteiger partial charge on any atom is 0.339 e. The molecule has 0 aliphatic rings. The van der Waals surface area contributed by atoms with E-state index in [9.17, 15) is 19.2 Å². The summed E-state index contributed by atoms with van der Waals surface area (Å²) in [5.74, 6) is -4.83. The van der Waals surface area contributed by atoms with Crippen molar-refractivity contribution in [1.29, 1.82) is 0 Å². The van der Waals surface area contributed by atoms with Gasteiger partial charge in [-0.3, -0.25) is 9.59 Å². The summed E-state index contributed by atoms with van der Waals surface area (Å²) in [5, 5.41) is 18.2. The number of carbonyl (C=O) groups excluding carboxylic acids is 2. The lowest BCUT2D eigenvalue weighted by Crippen LogP contribution is -2.36. The Labute approximate surface area is 175 Å². The molecule has 0 saturated carbocycles. The van der Waals surface area contributed by atoms with Crippen LogP contribution in [0.25, 0.3) is 0 Å².